The number of methoxy groups -OCH3 is 1. The molecule has 0 saturated heterocycles. The van der Waals surface area contributed by atoms with Crippen molar-refractivity contribution in [3.63, 3.8) is 0 Å². The van der Waals surface area contributed by atoms with E-state index in [1.54, 1.807) is 18.4 Å². The Morgan fingerprint density at radius 2 is 2.13 bits per heavy atom. The highest BCUT2D eigenvalue weighted by atomic mass is 127. The smallest absolute Gasteiger partial charge is 0.241 e. The van der Waals surface area contributed by atoms with Crippen LogP contribution in [0, 0.1) is 0 Å². The lowest BCUT2D eigenvalue weighted by molar-refractivity contribution is -0.119. The van der Waals surface area contributed by atoms with Gasteiger partial charge in [-0.05, 0) is 13.3 Å². The number of nitrogens with one attached hydrogen (secondary N) is 3. The molecule has 1 aromatic heterocycles. The summed E-state index contributed by atoms with van der Waals surface area (Å²) in [5, 5.41) is 10.0. The molecule has 0 aliphatic rings. The zero-order valence-corrected chi connectivity index (χ0v) is 17.0. The second-order valence-corrected chi connectivity index (χ2v) is 5.67. The van der Waals surface area contributed by atoms with Crippen LogP contribution in [0.2, 0.25) is 0 Å². The Bertz CT molecular complexity index is 481. The number of ether oxygens (including phenoxy) is 1. The van der Waals surface area contributed by atoms with Crippen LogP contribution >= 0.6 is 35.3 Å². The van der Waals surface area contributed by atoms with Gasteiger partial charge in [0.25, 0.3) is 0 Å². The number of nitrogens with zero attached hydrogens (tertiary/aromatic N) is 2. The van der Waals surface area contributed by atoms with Gasteiger partial charge < -0.3 is 20.7 Å². The van der Waals surface area contributed by atoms with Crippen LogP contribution in [0.5, 0.6) is 0 Å². The van der Waals surface area contributed by atoms with Gasteiger partial charge in [0.15, 0.2) is 5.96 Å². The summed E-state index contributed by atoms with van der Waals surface area (Å²) in [6, 6.07) is 0. The summed E-state index contributed by atoms with van der Waals surface area (Å²) in [6.07, 6.45) is 2.89. The van der Waals surface area contributed by atoms with Crippen molar-refractivity contribution in [2.24, 2.45) is 4.99 Å². The summed E-state index contributed by atoms with van der Waals surface area (Å²) in [5.41, 5.74) is 0. The van der Waals surface area contributed by atoms with Crippen molar-refractivity contribution in [1.29, 1.82) is 0 Å². The number of amides is 1. The van der Waals surface area contributed by atoms with Gasteiger partial charge in [0.2, 0.25) is 5.91 Å². The zero-order chi connectivity index (χ0) is 16.2. The summed E-state index contributed by atoms with van der Waals surface area (Å²) in [5.74, 6) is 0.481. The van der Waals surface area contributed by atoms with Crippen LogP contribution < -0.4 is 16.0 Å². The SMILES string of the molecule is CCNC(=NCC(=O)NCCOC)NCc1ncc(CC)s1.I. The number of carbonyl (C=O) groups excluding carboxylic acids is 1. The third-order valence-electron chi connectivity index (χ3n) is 2.71. The monoisotopic (exact) mass is 455 g/mol. The largest absolute Gasteiger partial charge is 0.383 e. The van der Waals surface area contributed by atoms with Gasteiger partial charge in [0.1, 0.15) is 11.6 Å². The van der Waals surface area contributed by atoms with Crippen LogP contribution in [0.25, 0.3) is 0 Å². The number of thiazole rings is 1. The molecule has 0 saturated carbocycles. The number of carbonyl (C=O) groups is 1. The second-order valence-electron chi connectivity index (χ2n) is 4.47. The van der Waals surface area contributed by atoms with E-state index in [2.05, 4.69) is 32.9 Å². The van der Waals surface area contributed by atoms with Gasteiger partial charge >= 0.3 is 0 Å². The predicted molar refractivity (Wildman–Crippen MR) is 105 cm³/mol. The molecule has 3 N–H and O–H groups in total. The molecule has 0 fully saturated rings. The molecule has 23 heavy (non-hydrogen) atoms. The van der Waals surface area contributed by atoms with Gasteiger partial charge in [0.05, 0.1) is 13.2 Å². The molecule has 1 heterocycles. The maximum Gasteiger partial charge on any atom is 0.241 e. The second kappa shape index (κ2) is 13.5. The highest BCUT2D eigenvalue weighted by molar-refractivity contribution is 14.0. The molecule has 0 aromatic carbocycles. The van der Waals surface area contributed by atoms with Gasteiger partial charge in [-0.2, -0.15) is 0 Å². The van der Waals surface area contributed by atoms with Crippen LogP contribution in [-0.4, -0.2) is 50.2 Å². The Labute approximate surface area is 158 Å². The van der Waals surface area contributed by atoms with Crippen LogP contribution in [0.1, 0.15) is 23.7 Å². The Morgan fingerprint density at radius 3 is 2.74 bits per heavy atom. The molecule has 0 unspecified atom stereocenters. The number of aliphatic imine (C=N–C) groups is 1. The molecule has 1 aromatic rings. The van der Waals surface area contributed by atoms with E-state index in [1.807, 2.05) is 13.1 Å². The van der Waals surface area contributed by atoms with Crippen molar-refractivity contribution >= 4 is 47.2 Å². The number of hydrogen-bond donors (Lipinski definition) is 3. The molecule has 0 radical (unpaired) electrons. The standard InChI is InChI=1S/C14H25N5O2S.HI/c1-4-11-8-17-13(22-11)10-19-14(15-5-2)18-9-12(20)16-6-7-21-3;/h8H,4-7,9-10H2,1-3H3,(H,16,20)(H2,15,18,19);1H. The lowest BCUT2D eigenvalue weighted by atomic mass is 10.4. The first-order chi connectivity index (χ1) is 10.7. The molecule has 0 aliphatic carbocycles. The molecule has 0 atom stereocenters. The van der Waals surface area contributed by atoms with E-state index in [9.17, 15) is 4.79 Å². The number of aryl methyl sites for hydroxylation is 1. The van der Waals surface area contributed by atoms with Crippen molar-refractivity contribution in [3.8, 4) is 0 Å². The van der Waals surface area contributed by atoms with E-state index in [0.29, 0.717) is 25.7 Å². The molecular weight excluding hydrogens is 429 g/mol. The van der Waals surface area contributed by atoms with E-state index in [1.165, 1.54) is 4.88 Å². The van der Waals surface area contributed by atoms with Gasteiger partial charge in [-0.3, -0.25) is 4.79 Å². The molecule has 132 valence electrons. The fourth-order valence-corrected chi connectivity index (χ4v) is 2.40. The number of aromatic nitrogens is 1. The summed E-state index contributed by atoms with van der Waals surface area (Å²) in [6.45, 7) is 6.49. The van der Waals surface area contributed by atoms with E-state index < -0.39 is 0 Å². The molecule has 1 amide bonds. The highest BCUT2D eigenvalue weighted by Crippen LogP contribution is 2.12. The van der Waals surface area contributed by atoms with Crippen molar-refractivity contribution in [3.05, 3.63) is 16.1 Å². The molecule has 0 aliphatic heterocycles. The molecule has 7 nitrogen and oxygen atoms in total. The van der Waals surface area contributed by atoms with E-state index in [-0.39, 0.29) is 36.4 Å². The summed E-state index contributed by atoms with van der Waals surface area (Å²) >= 11 is 1.68. The first-order valence-electron chi connectivity index (χ1n) is 7.41. The van der Waals surface area contributed by atoms with Crippen LogP contribution in [0.15, 0.2) is 11.2 Å². The van der Waals surface area contributed by atoms with E-state index >= 15 is 0 Å². The van der Waals surface area contributed by atoms with Gasteiger partial charge in [-0.1, -0.05) is 6.92 Å². The minimum Gasteiger partial charge on any atom is -0.383 e. The maximum atomic E-state index is 11.6. The fraction of sp³-hybridized carbons (Fsp3) is 0.643. The molecular formula is C14H26IN5O2S. The normalized spacial score (nSPS) is 10.8. The molecule has 0 spiro atoms. The maximum absolute atomic E-state index is 11.6. The average molecular weight is 455 g/mol. The van der Waals surface area contributed by atoms with Crippen LogP contribution in [0.3, 0.4) is 0 Å². The first-order valence-corrected chi connectivity index (χ1v) is 8.22. The molecule has 9 heteroatoms. The van der Waals surface area contributed by atoms with Crippen molar-refractivity contribution in [1.82, 2.24) is 20.9 Å². The Morgan fingerprint density at radius 1 is 1.35 bits per heavy atom. The summed E-state index contributed by atoms with van der Waals surface area (Å²) in [4.78, 5) is 21.5. The Balaban J connectivity index is 0.00000484. The van der Waals surface area contributed by atoms with Crippen LogP contribution in [0.4, 0.5) is 0 Å². The molecule has 0 bridgehead atoms. The van der Waals surface area contributed by atoms with Crippen LogP contribution in [-0.2, 0) is 22.5 Å². The third kappa shape index (κ3) is 9.72. The summed E-state index contributed by atoms with van der Waals surface area (Å²) in [7, 11) is 1.60. The number of guanidine groups is 1. The lowest BCUT2D eigenvalue weighted by Gasteiger charge is -2.10. The topological polar surface area (TPSA) is 87.6 Å². The Kier molecular flexibility index (Phi) is 12.9. The van der Waals surface area contributed by atoms with Gasteiger partial charge in [-0.15, -0.1) is 35.3 Å². The summed E-state index contributed by atoms with van der Waals surface area (Å²) < 4.78 is 4.87. The number of rotatable bonds is 9. The minimum absolute atomic E-state index is 0. The van der Waals surface area contributed by atoms with E-state index in [4.69, 9.17) is 4.74 Å². The zero-order valence-electron chi connectivity index (χ0n) is 13.8. The van der Waals surface area contributed by atoms with Crippen molar-refractivity contribution in [2.75, 3.05) is 33.4 Å². The van der Waals surface area contributed by atoms with Gasteiger partial charge in [-0.25, -0.2) is 9.98 Å². The third-order valence-corrected chi connectivity index (χ3v) is 3.85. The van der Waals surface area contributed by atoms with E-state index in [0.717, 1.165) is 18.0 Å². The fourth-order valence-electron chi connectivity index (χ4n) is 1.59. The quantitative estimate of drug-likeness (QED) is 0.225. The van der Waals surface area contributed by atoms with Crippen molar-refractivity contribution < 1.29 is 9.53 Å². The predicted octanol–water partition coefficient (Wildman–Crippen LogP) is 1.14. The average Bonchev–Trinajstić information content (AvgIpc) is 2.98. The number of halogens is 1. The molecule has 1 rings (SSSR count). The van der Waals surface area contributed by atoms with Crippen molar-refractivity contribution in [2.45, 2.75) is 26.8 Å². The first kappa shape index (κ1) is 22.1. The minimum atomic E-state index is -0.128. The lowest BCUT2D eigenvalue weighted by Crippen LogP contribution is -2.38. The van der Waals surface area contributed by atoms with Gasteiger partial charge in [0, 0.05) is 31.3 Å². The Hall–Kier alpha value is -0.940. The number of hydrogen-bond acceptors (Lipinski definition) is 5. The highest BCUT2D eigenvalue weighted by Gasteiger charge is 2.04.